The van der Waals surface area contributed by atoms with Crippen molar-refractivity contribution in [2.24, 2.45) is 0 Å². The van der Waals surface area contributed by atoms with Gasteiger partial charge in [-0.05, 0) is 0 Å². The monoisotopic (exact) mass is 365 g/mol. The number of nitrogens with zero attached hydrogens (tertiary/aromatic N) is 1. The number of alkyl halides is 1. The van der Waals surface area contributed by atoms with Crippen molar-refractivity contribution < 1.29 is 26.3 Å². The molecule has 5 heteroatoms. The van der Waals surface area contributed by atoms with Crippen molar-refractivity contribution in [3.05, 3.63) is 15.8 Å². The molecule has 96 valence electrons. The molecule has 0 radical (unpaired) electrons. The maximum atomic E-state index is 11.8. The topological polar surface area (TPSA) is 32.3 Å². The predicted molar refractivity (Wildman–Crippen MR) is 68.0 cm³/mol. The van der Waals surface area contributed by atoms with Crippen LogP contribution in [0, 0.1) is 0 Å². The van der Waals surface area contributed by atoms with E-state index in [4.69, 9.17) is 0 Å². The number of hydrogen-bond acceptors (Lipinski definition) is 3. The Morgan fingerprint density at radius 3 is 2.94 bits per heavy atom. The Morgan fingerprint density at radius 2 is 2.29 bits per heavy atom. The third kappa shape index (κ3) is 3.20. The number of nitrogens with one attached hydrogen (secondary N) is 1. The van der Waals surface area contributed by atoms with Crippen LogP contribution in [-0.2, 0) is 11.3 Å². The number of halogens is 1. The molecule has 0 aromatic carbocycles. The molecule has 1 amide bonds. The molecule has 17 heavy (non-hydrogen) atoms. The summed E-state index contributed by atoms with van der Waals surface area (Å²) in [6, 6.07) is 2.15. The first kappa shape index (κ1) is 13.3. The maximum absolute atomic E-state index is 11.8. The van der Waals surface area contributed by atoms with Gasteiger partial charge in [-0.3, -0.25) is 0 Å². The Kier molecular flexibility index (Phi) is 4.43. The first-order valence-corrected chi connectivity index (χ1v) is 9.17. The molecule has 2 rings (SSSR count). The number of hydrogen-bond donors (Lipinski definition) is 1. The van der Waals surface area contributed by atoms with Gasteiger partial charge in [-0.15, -0.1) is 0 Å². The summed E-state index contributed by atoms with van der Waals surface area (Å²) >= 11 is 1.86. The summed E-state index contributed by atoms with van der Waals surface area (Å²) in [5.41, 5.74) is 1.05. The van der Waals surface area contributed by atoms with Crippen LogP contribution < -0.4 is 26.8 Å². The molecule has 1 N–H and O–H groups in total. The van der Waals surface area contributed by atoms with Crippen molar-refractivity contribution in [2.75, 3.05) is 16.3 Å². The zero-order valence-electron chi connectivity index (χ0n) is 10.4. The van der Waals surface area contributed by atoms with E-state index >= 15 is 0 Å². The molecule has 0 atom stereocenters. The van der Waals surface area contributed by atoms with Gasteiger partial charge in [0.25, 0.3) is 0 Å². The average Bonchev–Trinajstić information content (AvgIpc) is 2.55. The summed E-state index contributed by atoms with van der Waals surface area (Å²) < 4.78 is 3.53. The van der Waals surface area contributed by atoms with Crippen molar-refractivity contribution in [1.82, 2.24) is 3.11 Å². The molecule has 1 aliphatic rings. The molecule has 0 aliphatic carbocycles. The van der Waals surface area contributed by atoms with Crippen molar-refractivity contribution in [1.29, 1.82) is 0 Å². The van der Waals surface area contributed by atoms with E-state index in [1.807, 2.05) is 11.3 Å². The van der Waals surface area contributed by atoms with Crippen LogP contribution in [0.15, 0.2) is 6.07 Å². The Hall–Kier alpha value is -0.140. The minimum atomic E-state index is 0.00863. The summed E-state index contributed by atoms with van der Waals surface area (Å²) in [6.07, 6.45) is 0. The third-order valence-corrected chi connectivity index (χ3v) is 6.34. The second-order valence-electron chi connectivity index (χ2n) is 4.35. The molecule has 0 saturated heterocycles. The van der Waals surface area contributed by atoms with Gasteiger partial charge in [0.1, 0.15) is 0 Å². The molecule has 1 aliphatic heterocycles. The molecule has 0 fully saturated rings. The summed E-state index contributed by atoms with van der Waals surface area (Å²) in [7, 11) is 0. The van der Waals surface area contributed by atoms with E-state index in [0.29, 0.717) is 12.5 Å². The van der Waals surface area contributed by atoms with E-state index in [1.165, 1.54) is 14.2 Å². The number of carbonyl (C=O) groups is 1. The fraction of sp³-hybridized carbons (Fsp3) is 0.583. The van der Waals surface area contributed by atoms with Gasteiger partial charge >= 0.3 is 118 Å². The number of carbonyl (C=O) groups excluding carboxylic acids is 1. The Morgan fingerprint density at radius 1 is 1.53 bits per heavy atom. The summed E-state index contributed by atoms with van der Waals surface area (Å²) in [4.78, 5) is 14.5. The SMILES string of the molecule is CC[I-]N1CC(=O)Nc2cc(C(C)C)sc2C1. The number of fused-ring (bicyclic) bond motifs is 1. The Balaban J connectivity index is 2.24. The molecule has 0 bridgehead atoms. The van der Waals surface area contributed by atoms with Gasteiger partial charge in [-0.25, -0.2) is 0 Å². The molecule has 0 unspecified atom stereocenters. The number of rotatable bonds is 3. The van der Waals surface area contributed by atoms with Gasteiger partial charge in [0, 0.05) is 0 Å². The van der Waals surface area contributed by atoms with E-state index in [1.54, 1.807) is 0 Å². The van der Waals surface area contributed by atoms with Crippen LogP contribution in [-0.4, -0.2) is 20.0 Å². The van der Waals surface area contributed by atoms with Crippen LogP contribution >= 0.6 is 11.3 Å². The normalized spacial score (nSPS) is 17.1. The van der Waals surface area contributed by atoms with Gasteiger partial charge in [0.15, 0.2) is 0 Å². The Labute approximate surface area is 117 Å². The zero-order chi connectivity index (χ0) is 12.4. The van der Waals surface area contributed by atoms with E-state index in [0.717, 1.165) is 12.2 Å². The predicted octanol–water partition coefficient (Wildman–Crippen LogP) is -0.350. The van der Waals surface area contributed by atoms with Crippen LogP contribution in [0.25, 0.3) is 0 Å². The van der Waals surface area contributed by atoms with Crippen LogP contribution in [0.2, 0.25) is 0 Å². The molecular formula is C12H18IN2OS-. The minimum absolute atomic E-state index is 0.00863. The van der Waals surface area contributed by atoms with Gasteiger partial charge < -0.3 is 0 Å². The summed E-state index contributed by atoms with van der Waals surface area (Å²) in [5.74, 6) is 0.683. The van der Waals surface area contributed by atoms with Crippen molar-refractivity contribution in [2.45, 2.75) is 33.2 Å². The molecular weight excluding hydrogens is 347 g/mol. The van der Waals surface area contributed by atoms with Crippen LogP contribution in [0.4, 0.5) is 5.69 Å². The van der Waals surface area contributed by atoms with Gasteiger partial charge in [-0.2, -0.15) is 0 Å². The third-order valence-electron chi connectivity index (χ3n) is 2.59. The van der Waals surface area contributed by atoms with E-state index in [2.05, 4.69) is 35.3 Å². The fourth-order valence-corrected chi connectivity index (χ4v) is 5.24. The summed E-state index contributed by atoms with van der Waals surface area (Å²) in [5, 5.41) is 3.03. The second-order valence-corrected chi connectivity index (χ2v) is 9.09. The number of anilines is 1. The van der Waals surface area contributed by atoms with Crippen LogP contribution in [0.5, 0.6) is 0 Å². The second kappa shape index (κ2) is 5.67. The van der Waals surface area contributed by atoms with Crippen molar-refractivity contribution in [3.8, 4) is 0 Å². The average molecular weight is 365 g/mol. The molecule has 1 aromatic heterocycles. The van der Waals surface area contributed by atoms with E-state index in [-0.39, 0.29) is 27.4 Å². The Bertz CT molecular complexity index is 417. The van der Waals surface area contributed by atoms with Gasteiger partial charge in [-0.1, -0.05) is 0 Å². The molecule has 0 spiro atoms. The first-order valence-electron chi connectivity index (χ1n) is 5.87. The van der Waals surface area contributed by atoms with Crippen LogP contribution in [0.3, 0.4) is 0 Å². The van der Waals surface area contributed by atoms with Crippen molar-refractivity contribution >= 4 is 22.9 Å². The van der Waals surface area contributed by atoms with Crippen molar-refractivity contribution in [3.63, 3.8) is 0 Å². The zero-order valence-corrected chi connectivity index (χ0v) is 13.4. The molecule has 1 aromatic rings. The first-order chi connectivity index (χ1) is 8.10. The quantitative estimate of drug-likeness (QED) is 0.451. The molecule has 0 saturated carbocycles. The fourth-order valence-electron chi connectivity index (χ4n) is 1.77. The van der Waals surface area contributed by atoms with E-state index < -0.39 is 0 Å². The number of amides is 1. The van der Waals surface area contributed by atoms with Crippen LogP contribution in [0.1, 0.15) is 36.4 Å². The van der Waals surface area contributed by atoms with E-state index in [9.17, 15) is 4.79 Å². The summed E-state index contributed by atoms with van der Waals surface area (Å²) in [6.45, 7) is 8.12. The van der Waals surface area contributed by atoms with Gasteiger partial charge in [0.05, 0.1) is 0 Å². The number of thiophene rings is 1. The van der Waals surface area contributed by atoms with Gasteiger partial charge in [0.2, 0.25) is 0 Å². The molecule has 2 heterocycles. The standard InChI is InChI=1S/C12H18IN2OS/c1-4-13-15-6-11-9(14-12(16)7-15)5-10(17-11)8(2)3/h5,8H,4,6-7H2,1-3H3,(H,14,16)/q-1. The molecule has 3 nitrogen and oxygen atoms in total.